The van der Waals surface area contributed by atoms with Crippen LogP contribution in [0.5, 0.6) is 0 Å². The van der Waals surface area contributed by atoms with Gasteiger partial charge in [0, 0.05) is 30.0 Å². The molecule has 148 valence electrons. The van der Waals surface area contributed by atoms with Crippen LogP contribution in [0.25, 0.3) is 0 Å². The van der Waals surface area contributed by atoms with E-state index >= 15 is 0 Å². The molecule has 1 aromatic carbocycles. The van der Waals surface area contributed by atoms with Gasteiger partial charge in [0.25, 0.3) is 11.8 Å². The molecule has 28 heavy (non-hydrogen) atoms. The summed E-state index contributed by atoms with van der Waals surface area (Å²) in [6, 6.07) is 9.93. The van der Waals surface area contributed by atoms with Crippen molar-refractivity contribution in [2.75, 3.05) is 6.54 Å². The van der Waals surface area contributed by atoms with Gasteiger partial charge >= 0.3 is 6.18 Å². The first kappa shape index (κ1) is 19.9. The zero-order chi connectivity index (χ0) is 20.3. The third-order valence-electron chi connectivity index (χ3n) is 4.43. The molecule has 2 aromatic rings. The monoisotopic (exact) mass is 391 g/mol. The molecule has 5 nitrogen and oxygen atoms in total. The number of carbonyl (C=O) groups is 2. The Bertz CT molecular complexity index is 844. The van der Waals surface area contributed by atoms with Gasteiger partial charge in [0.1, 0.15) is 6.54 Å². The lowest BCUT2D eigenvalue weighted by Crippen LogP contribution is -2.34. The van der Waals surface area contributed by atoms with Crippen LogP contribution in [0.2, 0.25) is 0 Å². The molecule has 0 spiro atoms. The van der Waals surface area contributed by atoms with Gasteiger partial charge in [0.2, 0.25) is 0 Å². The summed E-state index contributed by atoms with van der Waals surface area (Å²) < 4.78 is 36.6. The van der Waals surface area contributed by atoms with E-state index in [0.717, 1.165) is 24.1 Å². The summed E-state index contributed by atoms with van der Waals surface area (Å²) in [6.45, 7) is 0.837. The van der Waals surface area contributed by atoms with E-state index in [1.165, 1.54) is 12.1 Å². The number of amides is 2. The highest BCUT2D eigenvalue weighted by molar-refractivity contribution is 5.95. The van der Waals surface area contributed by atoms with Crippen LogP contribution >= 0.6 is 0 Å². The fraction of sp³-hybridized carbons (Fsp3) is 0.350. The van der Waals surface area contributed by atoms with E-state index in [1.807, 2.05) is 12.2 Å². The molecular formula is C20H20F3N3O2. The second kappa shape index (κ2) is 8.00. The Hall–Kier alpha value is -2.90. The van der Waals surface area contributed by atoms with Gasteiger partial charge in [-0.1, -0.05) is 12.1 Å². The first-order valence-electron chi connectivity index (χ1n) is 8.90. The van der Waals surface area contributed by atoms with Crippen LogP contribution in [0.4, 0.5) is 13.2 Å². The standard InChI is InChI=1S/C20H20F3N3O2/c1-13-2-5-16(10-24-13)19(28)26(17-8-9-17)11-14-3-6-15(7-4-14)18(27)25-12-20(21,22)23/h2-7,10,17H,8-9,11-12H2,1H3,(H,25,27). The van der Waals surface area contributed by atoms with Gasteiger partial charge < -0.3 is 10.2 Å². The zero-order valence-corrected chi connectivity index (χ0v) is 15.3. The van der Waals surface area contributed by atoms with E-state index < -0.39 is 18.6 Å². The van der Waals surface area contributed by atoms with Crippen LogP contribution in [0.15, 0.2) is 42.6 Å². The quantitative estimate of drug-likeness (QED) is 0.820. The molecule has 1 aliphatic carbocycles. The predicted molar refractivity (Wildman–Crippen MR) is 96.7 cm³/mol. The van der Waals surface area contributed by atoms with Crippen LogP contribution in [-0.2, 0) is 6.54 Å². The fourth-order valence-corrected chi connectivity index (χ4v) is 2.75. The maximum atomic E-state index is 12.8. The van der Waals surface area contributed by atoms with Gasteiger partial charge in [-0.2, -0.15) is 13.2 Å². The average molecular weight is 391 g/mol. The molecule has 8 heteroatoms. The van der Waals surface area contributed by atoms with Gasteiger partial charge in [-0.25, -0.2) is 0 Å². The molecule has 1 heterocycles. The van der Waals surface area contributed by atoms with Gasteiger partial charge in [0.05, 0.1) is 5.56 Å². The number of hydrogen-bond donors (Lipinski definition) is 1. The van der Waals surface area contributed by atoms with Crippen LogP contribution in [-0.4, -0.2) is 40.5 Å². The Kier molecular flexibility index (Phi) is 5.67. The molecule has 0 aliphatic heterocycles. The van der Waals surface area contributed by atoms with Crippen LogP contribution in [0.3, 0.4) is 0 Å². The minimum absolute atomic E-state index is 0.109. The lowest BCUT2D eigenvalue weighted by atomic mass is 10.1. The van der Waals surface area contributed by atoms with E-state index in [4.69, 9.17) is 0 Å². The summed E-state index contributed by atoms with van der Waals surface area (Å²) in [5.74, 6) is -0.897. The molecule has 3 rings (SSSR count). The molecule has 0 saturated heterocycles. The molecule has 1 aromatic heterocycles. The van der Waals surface area contributed by atoms with Crippen molar-refractivity contribution in [3.63, 3.8) is 0 Å². The van der Waals surface area contributed by atoms with Crippen molar-refractivity contribution >= 4 is 11.8 Å². The molecule has 1 fully saturated rings. The first-order chi connectivity index (χ1) is 13.2. The number of rotatable bonds is 6. The largest absolute Gasteiger partial charge is 0.405 e. The van der Waals surface area contributed by atoms with Crippen molar-refractivity contribution in [1.29, 1.82) is 0 Å². The Labute approximate surface area is 160 Å². The molecule has 0 bridgehead atoms. The lowest BCUT2D eigenvalue weighted by Gasteiger charge is -2.22. The molecular weight excluding hydrogens is 371 g/mol. The molecule has 2 amide bonds. The highest BCUT2D eigenvalue weighted by Gasteiger charge is 2.33. The van der Waals surface area contributed by atoms with Gasteiger partial charge in [0.15, 0.2) is 0 Å². The fourth-order valence-electron chi connectivity index (χ4n) is 2.75. The topological polar surface area (TPSA) is 62.3 Å². The van der Waals surface area contributed by atoms with E-state index in [-0.39, 0.29) is 17.5 Å². The molecule has 1 saturated carbocycles. The number of alkyl halides is 3. The third kappa shape index (κ3) is 5.31. The minimum atomic E-state index is -4.45. The Balaban J connectivity index is 1.66. The third-order valence-corrected chi connectivity index (χ3v) is 4.43. The highest BCUT2D eigenvalue weighted by Crippen LogP contribution is 2.30. The Morgan fingerprint density at radius 1 is 1.11 bits per heavy atom. The van der Waals surface area contributed by atoms with Crippen molar-refractivity contribution in [1.82, 2.24) is 15.2 Å². The van der Waals surface area contributed by atoms with Crippen molar-refractivity contribution < 1.29 is 22.8 Å². The minimum Gasteiger partial charge on any atom is -0.343 e. The van der Waals surface area contributed by atoms with Crippen LogP contribution in [0.1, 0.15) is 44.8 Å². The lowest BCUT2D eigenvalue weighted by molar-refractivity contribution is -0.123. The number of pyridine rings is 1. The summed E-state index contributed by atoms with van der Waals surface area (Å²) in [5.41, 5.74) is 2.28. The maximum absolute atomic E-state index is 12.8. The SMILES string of the molecule is Cc1ccc(C(=O)N(Cc2ccc(C(=O)NCC(F)(F)F)cc2)C2CC2)cn1. The van der Waals surface area contributed by atoms with E-state index in [0.29, 0.717) is 12.1 Å². The van der Waals surface area contributed by atoms with Crippen molar-refractivity contribution in [2.45, 2.75) is 38.5 Å². The van der Waals surface area contributed by atoms with Crippen LogP contribution in [0, 0.1) is 6.92 Å². The van der Waals surface area contributed by atoms with E-state index in [2.05, 4.69) is 4.98 Å². The summed E-state index contributed by atoms with van der Waals surface area (Å²) >= 11 is 0. The summed E-state index contributed by atoms with van der Waals surface area (Å²) in [6.07, 6.45) is -1.03. The highest BCUT2D eigenvalue weighted by atomic mass is 19.4. The van der Waals surface area contributed by atoms with Gasteiger partial charge in [-0.15, -0.1) is 0 Å². The number of aryl methyl sites for hydroxylation is 1. The number of nitrogens with zero attached hydrogens (tertiary/aromatic N) is 2. The predicted octanol–water partition coefficient (Wildman–Crippen LogP) is 3.49. The Morgan fingerprint density at radius 3 is 2.29 bits per heavy atom. The van der Waals surface area contributed by atoms with Gasteiger partial charge in [-0.05, 0) is 49.6 Å². The van der Waals surface area contributed by atoms with E-state index in [1.54, 1.807) is 35.4 Å². The molecule has 0 atom stereocenters. The summed E-state index contributed by atoms with van der Waals surface area (Å²) in [7, 11) is 0. The first-order valence-corrected chi connectivity index (χ1v) is 8.90. The Morgan fingerprint density at radius 2 is 1.75 bits per heavy atom. The number of nitrogens with one attached hydrogen (secondary N) is 1. The number of carbonyl (C=O) groups excluding carboxylic acids is 2. The normalized spacial score (nSPS) is 13.9. The number of benzene rings is 1. The van der Waals surface area contributed by atoms with Crippen molar-refractivity contribution in [3.05, 3.63) is 65.0 Å². The van der Waals surface area contributed by atoms with Crippen molar-refractivity contribution in [2.24, 2.45) is 0 Å². The molecule has 1 N–H and O–H groups in total. The molecule has 1 aliphatic rings. The number of hydrogen-bond acceptors (Lipinski definition) is 3. The summed E-state index contributed by atoms with van der Waals surface area (Å²) in [4.78, 5) is 30.5. The second-order valence-electron chi connectivity index (χ2n) is 6.85. The van der Waals surface area contributed by atoms with Crippen molar-refractivity contribution in [3.8, 4) is 0 Å². The molecule has 0 unspecified atom stereocenters. The van der Waals surface area contributed by atoms with E-state index in [9.17, 15) is 22.8 Å². The smallest absolute Gasteiger partial charge is 0.343 e. The molecule has 0 radical (unpaired) electrons. The zero-order valence-electron chi connectivity index (χ0n) is 15.3. The van der Waals surface area contributed by atoms with Gasteiger partial charge in [-0.3, -0.25) is 14.6 Å². The summed E-state index contributed by atoms with van der Waals surface area (Å²) in [5, 5.41) is 1.84. The average Bonchev–Trinajstić information content (AvgIpc) is 3.49. The number of aromatic nitrogens is 1. The second-order valence-corrected chi connectivity index (χ2v) is 6.85. The maximum Gasteiger partial charge on any atom is 0.405 e. The number of halogens is 3. The van der Waals surface area contributed by atoms with Crippen LogP contribution < -0.4 is 5.32 Å².